The highest BCUT2D eigenvalue weighted by molar-refractivity contribution is 6.12. The zero-order valence-corrected chi connectivity index (χ0v) is 32.8. The van der Waals surface area contributed by atoms with Crippen molar-refractivity contribution in [3.8, 4) is 45.1 Å². The molecule has 0 atom stereocenters. The van der Waals surface area contributed by atoms with Crippen LogP contribution in [0.1, 0.15) is 25.1 Å². The number of hydrogen-bond donors (Lipinski definition) is 0. The van der Waals surface area contributed by atoms with Crippen LogP contribution >= 0.6 is 0 Å². The summed E-state index contributed by atoms with van der Waals surface area (Å²) in [6.45, 7) is 4.49. The third kappa shape index (κ3) is 5.16. The van der Waals surface area contributed by atoms with Gasteiger partial charge in [0.2, 0.25) is 5.95 Å². The van der Waals surface area contributed by atoms with E-state index in [1.165, 1.54) is 65.6 Å². The van der Waals surface area contributed by atoms with Crippen molar-refractivity contribution in [1.29, 1.82) is 0 Å². The fraction of sp³-hybridized carbons (Fsp3) is 0.0545. The van der Waals surface area contributed by atoms with Gasteiger partial charge >= 0.3 is 0 Å². The van der Waals surface area contributed by atoms with Crippen molar-refractivity contribution >= 4 is 60.5 Å². The summed E-state index contributed by atoms with van der Waals surface area (Å²) in [5, 5.41) is 7.30. The zero-order valence-electron chi connectivity index (χ0n) is 32.8. The summed E-state index contributed by atoms with van der Waals surface area (Å²) in [6, 6.07) is 65.7. The normalized spacial score (nSPS) is 13.3. The molecule has 278 valence electrons. The molecule has 0 saturated carbocycles. The molecule has 4 nitrogen and oxygen atoms in total. The molecule has 8 aromatic carbocycles. The average molecular weight is 755 g/mol. The first-order valence-corrected chi connectivity index (χ1v) is 20.3. The highest BCUT2D eigenvalue weighted by atomic mass is 15.2. The molecule has 1 aliphatic rings. The number of nitrogens with zero attached hydrogens (tertiary/aromatic N) is 4. The van der Waals surface area contributed by atoms with Crippen LogP contribution in [0.3, 0.4) is 0 Å². The smallest absolute Gasteiger partial charge is 0.235 e. The molecule has 0 radical (unpaired) electrons. The zero-order chi connectivity index (χ0) is 39.2. The van der Waals surface area contributed by atoms with Crippen molar-refractivity contribution in [2.24, 2.45) is 0 Å². The molecular formula is C55H38N4. The Labute approximate surface area is 342 Å². The highest BCUT2D eigenvalue weighted by Crippen LogP contribution is 2.42. The van der Waals surface area contributed by atoms with E-state index in [1.807, 2.05) is 0 Å². The van der Waals surface area contributed by atoms with Gasteiger partial charge in [-0.25, -0.2) is 9.97 Å². The van der Waals surface area contributed by atoms with E-state index in [0.717, 1.165) is 39.2 Å². The Balaban J connectivity index is 1.03. The van der Waals surface area contributed by atoms with Gasteiger partial charge in [-0.2, -0.15) is 0 Å². The fourth-order valence-electron chi connectivity index (χ4n) is 9.48. The van der Waals surface area contributed by atoms with Crippen LogP contribution in [0, 0.1) is 0 Å². The molecule has 0 bridgehead atoms. The highest BCUT2D eigenvalue weighted by Gasteiger charge is 2.31. The quantitative estimate of drug-likeness (QED) is 0.175. The van der Waals surface area contributed by atoms with Gasteiger partial charge < -0.3 is 4.57 Å². The van der Waals surface area contributed by atoms with E-state index in [-0.39, 0.29) is 5.41 Å². The summed E-state index contributed by atoms with van der Waals surface area (Å²) in [6.07, 6.45) is 4.48. The van der Waals surface area contributed by atoms with Crippen molar-refractivity contribution in [1.82, 2.24) is 19.1 Å². The maximum atomic E-state index is 5.49. The third-order valence-electron chi connectivity index (χ3n) is 12.3. The van der Waals surface area contributed by atoms with Crippen molar-refractivity contribution in [3.63, 3.8) is 0 Å². The topological polar surface area (TPSA) is 35.6 Å². The summed E-state index contributed by atoms with van der Waals surface area (Å²) >= 11 is 0. The van der Waals surface area contributed by atoms with E-state index in [4.69, 9.17) is 9.97 Å². The predicted molar refractivity (Wildman–Crippen MR) is 247 cm³/mol. The van der Waals surface area contributed by atoms with Gasteiger partial charge in [0.15, 0.2) is 0 Å². The Hall–Kier alpha value is -7.56. The van der Waals surface area contributed by atoms with Crippen LogP contribution in [0.5, 0.6) is 0 Å². The lowest BCUT2D eigenvalue weighted by Gasteiger charge is -2.20. The van der Waals surface area contributed by atoms with Gasteiger partial charge in [0.1, 0.15) is 0 Å². The van der Waals surface area contributed by atoms with Crippen LogP contribution in [0.4, 0.5) is 0 Å². The molecule has 0 unspecified atom stereocenters. The maximum absolute atomic E-state index is 5.49. The minimum absolute atomic E-state index is 0.247. The van der Waals surface area contributed by atoms with Gasteiger partial charge in [0, 0.05) is 43.8 Å². The number of para-hydroxylation sites is 3. The molecule has 0 amide bonds. The Bertz CT molecular complexity index is 3520. The summed E-state index contributed by atoms with van der Waals surface area (Å²) in [4.78, 5) is 10.9. The largest absolute Gasteiger partial charge is 0.309 e. The molecule has 0 fully saturated rings. The second-order valence-electron chi connectivity index (χ2n) is 16.3. The van der Waals surface area contributed by atoms with E-state index in [0.29, 0.717) is 5.95 Å². The van der Waals surface area contributed by atoms with Gasteiger partial charge in [0.25, 0.3) is 0 Å². The van der Waals surface area contributed by atoms with Crippen LogP contribution in [-0.2, 0) is 5.41 Å². The lowest BCUT2D eigenvalue weighted by atomic mass is 9.90. The van der Waals surface area contributed by atoms with Crippen molar-refractivity contribution in [2.75, 3.05) is 0 Å². The fourth-order valence-corrected chi connectivity index (χ4v) is 9.48. The average Bonchev–Trinajstić information content (AvgIpc) is 3.92. The summed E-state index contributed by atoms with van der Waals surface area (Å²) in [5.74, 6) is 0.681. The van der Waals surface area contributed by atoms with Gasteiger partial charge in [-0.1, -0.05) is 153 Å². The SMILES string of the molecule is CC1(C)C=Cc2c(-c3cccc(-c4cccc5ccccc45)c3)nc(-n3c4ccccc4c4cc(-c5ccc6c(c5)c5ccccc5n6-c5ccccc5)ccc43)nc21. The van der Waals surface area contributed by atoms with Crippen LogP contribution in [0.25, 0.3) is 106 Å². The molecule has 3 heterocycles. The van der Waals surface area contributed by atoms with Gasteiger partial charge in [0.05, 0.1) is 33.5 Å². The standard InChI is InChI=1S/C55H38N4/c1-55(2)31-30-45-52(39-17-12-16-38(32-39)42-23-13-15-35-14-6-7-20-41(35)42)56-54(57-53(45)55)59-49-25-11-9-22-44(49)47-34-37(27-29-51(47)59)36-26-28-50-46(33-36)43-21-8-10-24-48(43)58(50)40-18-4-3-5-19-40/h3-34H,1-2H3. The van der Waals surface area contributed by atoms with Gasteiger partial charge in [-0.3, -0.25) is 4.57 Å². The van der Waals surface area contributed by atoms with Crippen molar-refractivity contribution < 1.29 is 0 Å². The molecule has 0 spiro atoms. The van der Waals surface area contributed by atoms with Gasteiger partial charge in [-0.05, 0) is 87.6 Å². The summed E-state index contributed by atoms with van der Waals surface area (Å²) < 4.78 is 4.63. The first-order valence-electron chi connectivity index (χ1n) is 20.3. The Morgan fingerprint density at radius 1 is 0.424 bits per heavy atom. The molecule has 3 aromatic heterocycles. The Morgan fingerprint density at radius 3 is 1.75 bits per heavy atom. The minimum atomic E-state index is -0.247. The van der Waals surface area contributed by atoms with E-state index in [9.17, 15) is 0 Å². The summed E-state index contributed by atoms with van der Waals surface area (Å²) in [5.41, 5.74) is 14.4. The second kappa shape index (κ2) is 12.7. The van der Waals surface area contributed by atoms with E-state index >= 15 is 0 Å². The van der Waals surface area contributed by atoms with Crippen LogP contribution in [0.2, 0.25) is 0 Å². The van der Waals surface area contributed by atoms with Crippen LogP contribution in [0.15, 0.2) is 188 Å². The van der Waals surface area contributed by atoms with E-state index in [1.54, 1.807) is 0 Å². The monoisotopic (exact) mass is 754 g/mol. The molecular weight excluding hydrogens is 717 g/mol. The molecule has 0 aliphatic heterocycles. The van der Waals surface area contributed by atoms with Crippen molar-refractivity contribution in [2.45, 2.75) is 19.3 Å². The molecule has 11 aromatic rings. The number of benzene rings is 8. The molecule has 12 rings (SSSR count). The third-order valence-corrected chi connectivity index (χ3v) is 12.3. The Kier molecular flexibility index (Phi) is 7.24. The number of hydrogen-bond acceptors (Lipinski definition) is 2. The van der Waals surface area contributed by atoms with Gasteiger partial charge in [-0.15, -0.1) is 0 Å². The lowest BCUT2D eigenvalue weighted by Crippen LogP contribution is -2.16. The molecule has 4 heteroatoms. The van der Waals surface area contributed by atoms with Crippen LogP contribution in [-0.4, -0.2) is 19.1 Å². The summed E-state index contributed by atoms with van der Waals surface area (Å²) in [7, 11) is 0. The van der Waals surface area contributed by atoms with E-state index in [2.05, 4.69) is 217 Å². The lowest BCUT2D eigenvalue weighted by molar-refractivity contribution is 0.651. The number of aromatic nitrogens is 4. The first kappa shape index (κ1) is 33.6. The molecule has 1 aliphatic carbocycles. The van der Waals surface area contributed by atoms with Crippen molar-refractivity contribution in [3.05, 3.63) is 199 Å². The molecule has 0 N–H and O–H groups in total. The number of rotatable bonds is 5. The molecule has 59 heavy (non-hydrogen) atoms. The predicted octanol–water partition coefficient (Wildman–Crippen LogP) is 14.1. The maximum Gasteiger partial charge on any atom is 0.235 e. The van der Waals surface area contributed by atoms with Crippen LogP contribution < -0.4 is 0 Å². The first-order chi connectivity index (χ1) is 29.0. The molecule has 0 saturated heterocycles. The number of fused-ring (bicyclic) bond motifs is 8. The van der Waals surface area contributed by atoms with E-state index < -0.39 is 0 Å². The minimum Gasteiger partial charge on any atom is -0.309 e. The number of allylic oxidation sites excluding steroid dienone is 1. The second-order valence-corrected chi connectivity index (χ2v) is 16.3. The Morgan fingerprint density at radius 2 is 1.00 bits per heavy atom.